The summed E-state index contributed by atoms with van der Waals surface area (Å²) in [5, 5.41) is 4.28. The Balaban J connectivity index is 0.00000102. The standard InChI is InChI=1S/C44H30N4.2C2H6/c1-27-8-10-30(11-9-27)38-21-17-32-13-15-34-19-23-40(48-44(34)42(32)46-38)36-25-28(2)24-35(26-36)39-22-18-33-14-12-31-16-20-37(29-6-4-3-5-7-29)45-41(31)43(33)47-39;2*1-2/h3-26H,1-2H3;2*1-2H3. The highest BCUT2D eigenvalue weighted by Gasteiger charge is 2.13. The molecule has 0 spiro atoms. The Hall–Kier alpha value is -6.26. The van der Waals surface area contributed by atoms with Gasteiger partial charge < -0.3 is 0 Å². The molecule has 0 saturated carbocycles. The highest BCUT2D eigenvalue weighted by atomic mass is 14.8. The first-order valence-electron chi connectivity index (χ1n) is 18.2. The number of nitrogens with zero attached hydrogens (tertiary/aromatic N) is 4. The topological polar surface area (TPSA) is 51.6 Å². The number of aromatic nitrogens is 4. The first-order chi connectivity index (χ1) is 25.6. The maximum Gasteiger partial charge on any atom is 0.0972 e. The summed E-state index contributed by atoms with van der Waals surface area (Å²) in [7, 11) is 0. The number of fused-ring (bicyclic) bond motifs is 6. The molecule has 9 rings (SSSR count). The minimum atomic E-state index is 0.900. The van der Waals surface area contributed by atoms with Crippen LogP contribution in [0, 0.1) is 13.8 Å². The lowest BCUT2D eigenvalue weighted by molar-refractivity contribution is 1.34. The monoisotopic (exact) mass is 674 g/mol. The van der Waals surface area contributed by atoms with E-state index in [1.165, 1.54) is 5.56 Å². The van der Waals surface area contributed by atoms with Crippen molar-refractivity contribution in [3.8, 4) is 45.0 Å². The molecule has 0 aliphatic carbocycles. The molecule has 0 saturated heterocycles. The van der Waals surface area contributed by atoms with E-state index >= 15 is 0 Å². The Bertz CT molecular complexity index is 2680. The maximum atomic E-state index is 5.23. The summed E-state index contributed by atoms with van der Waals surface area (Å²) in [4.78, 5) is 20.7. The largest absolute Gasteiger partial charge is 0.245 e. The molecule has 9 aromatic rings. The van der Waals surface area contributed by atoms with Crippen molar-refractivity contribution in [2.24, 2.45) is 0 Å². The zero-order valence-electron chi connectivity index (χ0n) is 30.6. The van der Waals surface area contributed by atoms with Gasteiger partial charge in [-0.3, -0.25) is 0 Å². The van der Waals surface area contributed by atoms with E-state index in [1.54, 1.807) is 0 Å². The van der Waals surface area contributed by atoms with Crippen LogP contribution in [0.1, 0.15) is 38.8 Å². The molecule has 52 heavy (non-hydrogen) atoms. The van der Waals surface area contributed by atoms with Crippen molar-refractivity contribution in [2.45, 2.75) is 41.5 Å². The van der Waals surface area contributed by atoms with E-state index in [0.717, 1.165) is 94.2 Å². The number of hydrogen-bond acceptors (Lipinski definition) is 4. The van der Waals surface area contributed by atoms with Gasteiger partial charge in [0.15, 0.2) is 0 Å². The molecule has 0 aliphatic heterocycles. The van der Waals surface area contributed by atoms with Crippen molar-refractivity contribution in [1.82, 2.24) is 19.9 Å². The molecular weight excluding hydrogens is 633 g/mol. The Morgan fingerprint density at radius 1 is 0.288 bits per heavy atom. The SMILES string of the molecule is CC.CC.Cc1ccc(-c2ccc3ccc4ccc(-c5cc(C)cc(-c6ccc7ccc8ccc(-c9ccccc9)nc8c7n6)c5)nc4c3n2)cc1. The first kappa shape index (κ1) is 34.2. The van der Waals surface area contributed by atoms with Crippen LogP contribution in [-0.2, 0) is 0 Å². The summed E-state index contributed by atoms with van der Waals surface area (Å²) in [6, 6.07) is 50.8. The van der Waals surface area contributed by atoms with E-state index in [2.05, 4.69) is 141 Å². The van der Waals surface area contributed by atoms with Gasteiger partial charge in [-0.05, 0) is 61.9 Å². The van der Waals surface area contributed by atoms with Gasteiger partial charge in [0.1, 0.15) is 0 Å². The number of rotatable bonds is 4. The van der Waals surface area contributed by atoms with Gasteiger partial charge in [-0.1, -0.05) is 136 Å². The van der Waals surface area contributed by atoms with Crippen molar-refractivity contribution < 1.29 is 0 Å². The molecule has 0 unspecified atom stereocenters. The molecule has 4 heterocycles. The second kappa shape index (κ2) is 14.9. The lowest BCUT2D eigenvalue weighted by atomic mass is 10.00. The van der Waals surface area contributed by atoms with Crippen molar-refractivity contribution in [2.75, 3.05) is 0 Å². The van der Waals surface area contributed by atoms with Gasteiger partial charge in [0, 0.05) is 43.8 Å². The summed E-state index contributed by atoms with van der Waals surface area (Å²) in [5.74, 6) is 0. The highest BCUT2D eigenvalue weighted by Crippen LogP contribution is 2.33. The van der Waals surface area contributed by atoms with E-state index in [0.29, 0.717) is 0 Å². The van der Waals surface area contributed by atoms with Crippen molar-refractivity contribution in [1.29, 1.82) is 0 Å². The number of aryl methyl sites for hydroxylation is 2. The van der Waals surface area contributed by atoms with Crippen LogP contribution in [0.2, 0.25) is 0 Å². The van der Waals surface area contributed by atoms with Gasteiger partial charge in [-0.15, -0.1) is 0 Å². The first-order valence-corrected chi connectivity index (χ1v) is 18.2. The van der Waals surface area contributed by atoms with E-state index in [4.69, 9.17) is 19.9 Å². The summed E-state index contributed by atoms with van der Waals surface area (Å²) in [5.41, 5.74) is 14.0. The maximum absolute atomic E-state index is 5.23. The van der Waals surface area contributed by atoms with Crippen LogP contribution in [0.5, 0.6) is 0 Å². The molecular formula is C48H42N4. The molecule has 0 N–H and O–H groups in total. The van der Waals surface area contributed by atoms with Crippen molar-refractivity contribution in [3.63, 3.8) is 0 Å². The third-order valence-electron chi connectivity index (χ3n) is 9.13. The quantitative estimate of drug-likeness (QED) is 0.174. The molecule has 5 aromatic carbocycles. The van der Waals surface area contributed by atoms with Crippen LogP contribution in [0.25, 0.3) is 88.6 Å². The third-order valence-corrected chi connectivity index (χ3v) is 9.13. The normalized spacial score (nSPS) is 10.9. The van der Waals surface area contributed by atoms with E-state index in [9.17, 15) is 0 Å². The second-order valence-corrected chi connectivity index (χ2v) is 12.5. The molecule has 0 amide bonds. The zero-order chi connectivity index (χ0) is 36.2. The van der Waals surface area contributed by atoms with Crippen LogP contribution < -0.4 is 0 Å². The van der Waals surface area contributed by atoms with Gasteiger partial charge in [0.2, 0.25) is 0 Å². The minimum Gasteiger partial charge on any atom is -0.245 e. The summed E-state index contributed by atoms with van der Waals surface area (Å²) < 4.78 is 0. The number of pyridine rings is 4. The summed E-state index contributed by atoms with van der Waals surface area (Å²) in [6.07, 6.45) is 0. The Morgan fingerprint density at radius 3 is 1.00 bits per heavy atom. The van der Waals surface area contributed by atoms with Crippen LogP contribution >= 0.6 is 0 Å². The van der Waals surface area contributed by atoms with Crippen LogP contribution in [0.4, 0.5) is 0 Å². The van der Waals surface area contributed by atoms with Crippen LogP contribution in [-0.4, -0.2) is 19.9 Å². The molecule has 4 nitrogen and oxygen atoms in total. The number of benzene rings is 5. The summed E-state index contributed by atoms with van der Waals surface area (Å²) >= 11 is 0. The van der Waals surface area contributed by atoms with Crippen molar-refractivity contribution in [3.05, 3.63) is 157 Å². The van der Waals surface area contributed by atoms with Crippen LogP contribution in [0.3, 0.4) is 0 Å². The molecule has 254 valence electrons. The lowest BCUT2D eigenvalue weighted by Gasteiger charge is -2.11. The molecule has 4 aromatic heterocycles. The molecule has 0 fully saturated rings. The lowest BCUT2D eigenvalue weighted by Crippen LogP contribution is -1.93. The molecule has 0 radical (unpaired) electrons. The van der Waals surface area contributed by atoms with Gasteiger partial charge >= 0.3 is 0 Å². The highest BCUT2D eigenvalue weighted by molar-refractivity contribution is 6.05. The van der Waals surface area contributed by atoms with E-state index in [-0.39, 0.29) is 0 Å². The van der Waals surface area contributed by atoms with Gasteiger partial charge in [0.25, 0.3) is 0 Å². The fourth-order valence-electron chi connectivity index (χ4n) is 6.59. The fourth-order valence-corrected chi connectivity index (χ4v) is 6.59. The third kappa shape index (κ3) is 6.63. The average molecular weight is 675 g/mol. The van der Waals surface area contributed by atoms with Crippen molar-refractivity contribution >= 4 is 43.6 Å². The molecule has 4 heteroatoms. The predicted octanol–water partition coefficient (Wildman–Crippen LogP) is 13.2. The second-order valence-electron chi connectivity index (χ2n) is 12.5. The van der Waals surface area contributed by atoms with Gasteiger partial charge in [0.05, 0.1) is 44.8 Å². The Labute approximate surface area is 305 Å². The smallest absolute Gasteiger partial charge is 0.0972 e. The average Bonchev–Trinajstić information content (AvgIpc) is 3.22. The zero-order valence-corrected chi connectivity index (χ0v) is 30.6. The fraction of sp³-hybridized carbons (Fsp3) is 0.125. The number of hydrogen-bond donors (Lipinski definition) is 0. The predicted molar refractivity (Wildman–Crippen MR) is 222 cm³/mol. The Morgan fingerprint density at radius 2 is 0.615 bits per heavy atom. The molecule has 0 atom stereocenters. The van der Waals surface area contributed by atoms with Gasteiger partial charge in [-0.2, -0.15) is 0 Å². The molecule has 0 aliphatic rings. The van der Waals surface area contributed by atoms with Crippen LogP contribution in [0.15, 0.2) is 146 Å². The Kier molecular flexibility index (Phi) is 9.81. The summed E-state index contributed by atoms with van der Waals surface area (Å²) in [6.45, 7) is 12.2. The van der Waals surface area contributed by atoms with E-state index < -0.39 is 0 Å². The minimum absolute atomic E-state index is 0.900. The molecule has 0 bridgehead atoms. The van der Waals surface area contributed by atoms with Gasteiger partial charge in [-0.25, -0.2) is 19.9 Å². The van der Waals surface area contributed by atoms with E-state index in [1.807, 2.05) is 45.9 Å².